The van der Waals surface area contributed by atoms with Crippen LogP contribution in [0.25, 0.3) is 0 Å². The maximum absolute atomic E-state index is 11.3. The van der Waals surface area contributed by atoms with Crippen molar-refractivity contribution in [2.75, 3.05) is 0 Å². The van der Waals surface area contributed by atoms with E-state index in [2.05, 4.69) is 5.32 Å². The van der Waals surface area contributed by atoms with E-state index in [1.807, 2.05) is 6.92 Å². The fourth-order valence-electron chi connectivity index (χ4n) is 1.84. The van der Waals surface area contributed by atoms with Crippen molar-refractivity contribution in [2.24, 2.45) is 0 Å². The van der Waals surface area contributed by atoms with Crippen LogP contribution in [0.3, 0.4) is 0 Å². The lowest BCUT2D eigenvalue weighted by atomic mass is 10.0. The van der Waals surface area contributed by atoms with Gasteiger partial charge in [0, 0.05) is 0 Å². The van der Waals surface area contributed by atoms with E-state index < -0.39 is 24.0 Å². The Labute approximate surface area is 112 Å². The Bertz CT molecular complexity index is 419. The molecule has 1 aromatic carbocycles. The number of hydrogen-bond donors (Lipinski definition) is 3. The second kappa shape index (κ2) is 7.53. The minimum absolute atomic E-state index is 0.419. The summed E-state index contributed by atoms with van der Waals surface area (Å²) in [6, 6.07) is 6.74. The molecule has 1 rings (SSSR count). The summed E-state index contributed by atoms with van der Waals surface area (Å²) in [4.78, 5) is 22.4. The molecule has 1 aromatic rings. The first-order valence-corrected chi connectivity index (χ1v) is 6.32. The Balaban J connectivity index is 2.82. The quantitative estimate of drug-likeness (QED) is 0.669. The van der Waals surface area contributed by atoms with Gasteiger partial charge in [-0.2, -0.15) is 0 Å². The highest BCUT2D eigenvalue weighted by molar-refractivity contribution is 5.78. The number of aliphatic carboxylic acids is 2. The summed E-state index contributed by atoms with van der Waals surface area (Å²) in [6.07, 6.45) is 2.03. The second-order valence-electron chi connectivity index (χ2n) is 4.38. The smallest absolute Gasteiger partial charge is 0.325 e. The maximum Gasteiger partial charge on any atom is 0.325 e. The van der Waals surface area contributed by atoms with E-state index in [0.717, 1.165) is 12.8 Å². The van der Waals surface area contributed by atoms with Crippen molar-refractivity contribution >= 4 is 11.9 Å². The van der Waals surface area contributed by atoms with Crippen molar-refractivity contribution in [3.63, 3.8) is 0 Å². The van der Waals surface area contributed by atoms with E-state index >= 15 is 0 Å². The van der Waals surface area contributed by atoms with Gasteiger partial charge in [-0.1, -0.05) is 50.1 Å². The van der Waals surface area contributed by atoms with E-state index in [9.17, 15) is 14.7 Å². The molecule has 0 amide bonds. The van der Waals surface area contributed by atoms with Crippen LogP contribution in [0.1, 0.15) is 37.8 Å². The van der Waals surface area contributed by atoms with Crippen molar-refractivity contribution in [3.8, 4) is 0 Å². The van der Waals surface area contributed by atoms with Crippen LogP contribution < -0.4 is 5.32 Å². The molecule has 104 valence electrons. The lowest BCUT2D eigenvalue weighted by Crippen LogP contribution is -2.42. The zero-order valence-electron chi connectivity index (χ0n) is 10.9. The van der Waals surface area contributed by atoms with Gasteiger partial charge in [-0.3, -0.25) is 14.9 Å². The highest BCUT2D eigenvalue weighted by Crippen LogP contribution is 2.15. The number of unbranched alkanes of at least 4 members (excludes halogenated alkanes) is 1. The Morgan fingerprint density at radius 3 is 2.26 bits per heavy atom. The molecule has 2 atom stereocenters. The molecule has 0 fully saturated rings. The largest absolute Gasteiger partial charge is 0.480 e. The Morgan fingerprint density at radius 1 is 1.16 bits per heavy atom. The lowest BCUT2D eigenvalue weighted by molar-refractivity contribution is -0.142. The molecule has 0 aliphatic heterocycles. The number of rotatable bonds is 8. The summed E-state index contributed by atoms with van der Waals surface area (Å²) in [7, 11) is 0. The average Bonchev–Trinajstić information content (AvgIpc) is 2.39. The molecule has 0 aliphatic carbocycles. The van der Waals surface area contributed by atoms with Gasteiger partial charge in [0.15, 0.2) is 0 Å². The summed E-state index contributed by atoms with van der Waals surface area (Å²) in [5.74, 6) is -2.09. The molecular formula is C14H19NO4. The van der Waals surface area contributed by atoms with Gasteiger partial charge < -0.3 is 10.2 Å². The molecule has 5 nitrogen and oxygen atoms in total. The number of carboxylic acids is 2. The molecule has 0 saturated heterocycles. The first kappa shape index (κ1) is 15.2. The van der Waals surface area contributed by atoms with Gasteiger partial charge >= 0.3 is 11.9 Å². The minimum Gasteiger partial charge on any atom is -0.480 e. The molecule has 0 aliphatic rings. The average molecular weight is 265 g/mol. The van der Waals surface area contributed by atoms with Crippen LogP contribution in [0, 0.1) is 0 Å². The molecule has 0 heterocycles. The molecule has 0 spiro atoms. The molecule has 5 heteroatoms. The van der Waals surface area contributed by atoms with Gasteiger partial charge in [-0.05, 0) is 12.0 Å². The summed E-state index contributed by atoms with van der Waals surface area (Å²) >= 11 is 0. The van der Waals surface area contributed by atoms with Crippen LogP contribution in [0.2, 0.25) is 0 Å². The van der Waals surface area contributed by atoms with Crippen molar-refractivity contribution in [1.29, 1.82) is 0 Å². The van der Waals surface area contributed by atoms with Crippen molar-refractivity contribution in [3.05, 3.63) is 35.9 Å². The van der Waals surface area contributed by atoms with E-state index in [4.69, 9.17) is 5.11 Å². The molecule has 0 aromatic heterocycles. The standard InChI is InChI=1S/C14H19NO4/c1-2-3-9-11(13(16)17)15-12(14(18)19)10-7-5-4-6-8-10/h4-8,11-12,15H,2-3,9H2,1H3,(H,16,17)(H,18,19). The fourth-order valence-corrected chi connectivity index (χ4v) is 1.84. The molecule has 0 saturated carbocycles. The highest BCUT2D eigenvalue weighted by Gasteiger charge is 2.26. The summed E-state index contributed by atoms with van der Waals surface area (Å²) in [5, 5.41) is 21.1. The monoisotopic (exact) mass is 265 g/mol. The second-order valence-corrected chi connectivity index (χ2v) is 4.38. The predicted octanol–water partition coefficient (Wildman–Crippen LogP) is 2.05. The van der Waals surface area contributed by atoms with Crippen LogP contribution in [0.5, 0.6) is 0 Å². The van der Waals surface area contributed by atoms with Gasteiger partial charge in [-0.15, -0.1) is 0 Å². The lowest BCUT2D eigenvalue weighted by Gasteiger charge is -2.20. The summed E-state index contributed by atoms with van der Waals surface area (Å²) in [5.41, 5.74) is 0.553. The molecule has 19 heavy (non-hydrogen) atoms. The van der Waals surface area contributed by atoms with E-state index in [0.29, 0.717) is 12.0 Å². The van der Waals surface area contributed by atoms with Crippen LogP contribution in [-0.2, 0) is 9.59 Å². The zero-order chi connectivity index (χ0) is 14.3. The van der Waals surface area contributed by atoms with Gasteiger partial charge in [0.25, 0.3) is 0 Å². The Kier molecular flexibility index (Phi) is 6.02. The van der Waals surface area contributed by atoms with Crippen molar-refractivity contribution in [1.82, 2.24) is 5.32 Å². The Morgan fingerprint density at radius 2 is 1.79 bits per heavy atom. The van der Waals surface area contributed by atoms with Gasteiger partial charge in [0.05, 0.1) is 0 Å². The third-order valence-corrected chi connectivity index (χ3v) is 2.89. The normalized spacial score (nSPS) is 13.7. The zero-order valence-corrected chi connectivity index (χ0v) is 10.9. The maximum atomic E-state index is 11.3. The summed E-state index contributed by atoms with van der Waals surface area (Å²) < 4.78 is 0. The summed E-state index contributed by atoms with van der Waals surface area (Å²) in [6.45, 7) is 1.96. The van der Waals surface area contributed by atoms with E-state index in [1.54, 1.807) is 30.3 Å². The van der Waals surface area contributed by atoms with Crippen molar-refractivity contribution < 1.29 is 19.8 Å². The van der Waals surface area contributed by atoms with Crippen LogP contribution >= 0.6 is 0 Å². The van der Waals surface area contributed by atoms with Gasteiger partial charge in [0.1, 0.15) is 12.1 Å². The first-order chi connectivity index (χ1) is 9.06. The van der Waals surface area contributed by atoms with Crippen LogP contribution in [0.15, 0.2) is 30.3 Å². The third-order valence-electron chi connectivity index (χ3n) is 2.89. The molecular weight excluding hydrogens is 246 g/mol. The van der Waals surface area contributed by atoms with Crippen molar-refractivity contribution in [2.45, 2.75) is 38.3 Å². The van der Waals surface area contributed by atoms with Crippen LogP contribution in [-0.4, -0.2) is 28.2 Å². The number of carboxylic acid groups (broad SMARTS) is 2. The topological polar surface area (TPSA) is 86.6 Å². The molecule has 0 radical (unpaired) electrons. The molecule has 3 N–H and O–H groups in total. The third kappa shape index (κ3) is 4.71. The number of nitrogens with one attached hydrogen (secondary N) is 1. The molecule has 0 bridgehead atoms. The van der Waals surface area contributed by atoms with Gasteiger partial charge in [-0.25, -0.2) is 0 Å². The first-order valence-electron chi connectivity index (χ1n) is 6.32. The minimum atomic E-state index is -1.08. The highest BCUT2D eigenvalue weighted by atomic mass is 16.4. The predicted molar refractivity (Wildman–Crippen MR) is 70.9 cm³/mol. The number of hydrogen-bond acceptors (Lipinski definition) is 3. The van der Waals surface area contributed by atoms with Crippen LogP contribution in [0.4, 0.5) is 0 Å². The van der Waals surface area contributed by atoms with Gasteiger partial charge in [0.2, 0.25) is 0 Å². The number of benzene rings is 1. The fraction of sp³-hybridized carbons (Fsp3) is 0.429. The van der Waals surface area contributed by atoms with E-state index in [-0.39, 0.29) is 0 Å². The number of carbonyl (C=O) groups is 2. The SMILES string of the molecule is CCCCC(NC(C(=O)O)c1ccccc1)C(=O)O. The van der Waals surface area contributed by atoms with E-state index in [1.165, 1.54) is 0 Å². The molecule has 2 unspecified atom stereocenters. The Hall–Kier alpha value is -1.88.